The molecule has 2 atom stereocenters. The van der Waals surface area contributed by atoms with E-state index in [4.69, 9.17) is 4.74 Å². The van der Waals surface area contributed by atoms with Crippen molar-refractivity contribution in [2.45, 2.75) is 42.4 Å². The lowest BCUT2D eigenvalue weighted by Gasteiger charge is -2.37. The van der Waals surface area contributed by atoms with Gasteiger partial charge in [0.25, 0.3) is 0 Å². The quantitative estimate of drug-likeness (QED) is 0.862. The number of hydrogen-bond acceptors (Lipinski definition) is 3. The van der Waals surface area contributed by atoms with E-state index >= 15 is 0 Å². The number of thioether (sulfide) groups is 1. The first-order chi connectivity index (χ1) is 9.26. The Hall–Kier alpha value is -0.880. The average Bonchev–Trinajstić information content (AvgIpc) is 2.37. The van der Waals surface area contributed by atoms with Gasteiger partial charge in [0.15, 0.2) is 6.10 Å². The normalized spacial score (nSPS) is 23.9. The zero-order valence-corrected chi connectivity index (χ0v) is 12.1. The maximum Gasteiger partial charge on any atom is 0.414 e. The minimum absolute atomic E-state index is 0.343. The molecule has 1 N–H and O–H groups in total. The van der Waals surface area contributed by atoms with Crippen LogP contribution in [-0.2, 0) is 5.41 Å². The highest BCUT2D eigenvalue weighted by molar-refractivity contribution is 7.98. The van der Waals surface area contributed by atoms with Crippen molar-refractivity contribution in [3.05, 3.63) is 23.8 Å². The van der Waals surface area contributed by atoms with Crippen molar-refractivity contribution in [2.75, 3.05) is 12.9 Å². The molecule has 112 valence electrons. The summed E-state index contributed by atoms with van der Waals surface area (Å²) >= 11 is 1.53. The van der Waals surface area contributed by atoms with Crippen LogP contribution in [0.4, 0.5) is 13.2 Å². The van der Waals surface area contributed by atoms with Gasteiger partial charge in [0, 0.05) is 15.9 Å². The summed E-state index contributed by atoms with van der Waals surface area (Å²) in [6.07, 6.45) is -4.86. The molecule has 2 nitrogen and oxygen atoms in total. The summed E-state index contributed by atoms with van der Waals surface area (Å²) < 4.78 is 43.3. The summed E-state index contributed by atoms with van der Waals surface area (Å²) in [4.78, 5) is 0.974. The van der Waals surface area contributed by atoms with E-state index in [2.05, 4.69) is 0 Å². The number of rotatable bonds is 3. The smallest absolute Gasteiger partial charge is 0.414 e. The zero-order chi connectivity index (χ0) is 15.0. The van der Waals surface area contributed by atoms with Crippen molar-refractivity contribution >= 4 is 11.8 Å². The van der Waals surface area contributed by atoms with E-state index < -0.39 is 17.7 Å². The molecule has 0 bridgehead atoms. The molecule has 1 heterocycles. The van der Waals surface area contributed by atoms with E-state index in [-0.39, 0.29) is 6.42 Å². The van der Waals surface area contributed by atoms with Gasteiger partial charge in [0.05, 0.1) is 6.61 Å². The molecule has 20 heavy (non-hydrogen) atoms. The second-order valence-corrected chi connectivity index (χ2v) is 6.16. The predicted molar refractivity (Wildman–Crippen MR) is 72.4 cm³/mol. The minimum atomic E-state index is -4.58. The molecule has 0 aromatic heterocycles. The Balaban J connectivity index is 2.34. The van der Waals surface area contributed by atoms with Crippen LogP contribution < -0.4 is 4.74 Å². The lowest BCUT2D eigenvalue weighted by atomic mass is 9.73. The van der Waals surface area contributed by atoms with E-state index in [1.807, 2.05) is 18.4 Å². The molecule has 0 amide bonds. The van der Waals surface area contributed by atoms with Crippen molar-refractivity contribution in [1.82, 2.24) is 0 Å². The highest BCUT2D eigenvalue weighted by Gasteiger charge is 2.45. The topological polar surface area (TPSA) is 29.5 Å². The molecule has 0 fully saturated rings. The molecule has 1 aromatic carbocycles. The molecule has 2 rings (SSSR count). The van der Waals surface area contributed by atoms with Gasteiger partial charge in [0.1, 0.15) is 5.75 Å². The second kappa shape index (κ2) is 5.48. The number of aliphatic hydroxyl groups is 1. The van der Waals surface area contributed by atoms with Crippen molar-refractivity contribution in [2.24, 2.45) is 0 Å². The molecule has 0 saturated heterocycles. The third-order valence-electron chi connectivity index (χ3n) is 3.77. The highest BCUT2D eigenvalue weighted by atomic mass is 32.2. The van der Waals surface area contributed by atoms with Crippen LogP contribution in [0.25, 0.3) is 0 Å². The molecular weight excluding hydrogens is 289 g/mol. The molecule has 0 radical (unpaired) electrons. The highest BCUT2D eigenvalue weighted by Crippen LogP contribution is 2.44. The summed E-state index contributed by atoms with van der Waals surface area (Å²) in [6.45, 7) is 2.13. The van der Waals surface area contributed by atoms with E-state index in [0.717, 1.165) is 10.5 Å². The van der Waals surface area contributed by atoms with E-state index in [0.29, 0.717) is 18.8 Å². The van der Waals surface area contributed by atoms with Crippen LogP contribution in [0.1, 0.15) is 25.3 Å². The van der Waals surface area contributed by atoms with Gasteiger partial charge in [0.2, 0.25) is 0 Å². The first-order valence-electron chi connectivity index (χ1n) is 6.32. The minimum Gasteiger partial charge on any atom is -0.493 e. The standard InChI is InChI=1S/C14H17F3O2S/c1-13(8-12(18)14(15,16)17)5-6-19-11-4-3-9(20-2)7-10(11)13/h3-4,7,12,18H,5-6,8H2,1-2H3. The summed E-state index contributed by atoms with van der Waals surface area (Å²) in [5, 5.41) is 9.38. The maximum atomic E-state index is 12.6. The Kier molecular flexibility index (Phi) is 4.25. The first kappa shape index (κ1) is 15.5. The van der Waals surface area contributed by atoms with E-state index in [1.165, 1.54) is 11.8 Å². The Labute approximate surface area is 120 Å². The summed E-state index contributed by atoms with van der Waals surface area (Å²) in [5.74, 6) is 0.617. The maximum absolute atomic E-state index is 12.6. The van der Waals surface area contributed by atoms with Gasteiger partial charge in [-0.05, 0) is 37.3 Å². The van der Waals surface area contributed by atoms with Crippen LogP contribution in [-0.4, -0.2) is 30.2 Å². The molecule has 1 aliphatic rings. The van der Waals surface area contributed by atoms with Crippen molar-refractivity contribution in [3.63, 3.8) is 0 Å². The van der Waals surface area contributed by atoms with Gasteiger partial charge in [-0.2, -0.15) is 13.2 Å². The van der Waals surface area contributed by atoms with E-state index in [1.54, 1.807) is 13.0 Å². The molecule has 0 saturated carbocycles. The molecule has 6 heteroatoms. The lowest BCUT2D eigenvalue weighted by Crippen LogP contribution is -2.39. The van der Waals surface area contributed by atoms with Gasteiger partial charge in [-0.1, -0.05) is 6.92 Å². The van der Waals surface area contributed by atoms with Crippen molar-refractivity contribution < 1.29 is 23.0 Å². The van der Waals surface area contributed by atoms with Crippen LogP contribution in [0, 0.1) is 0 Å². The average molecular weight is 306 g/mol. The number of ether oxygens (including phenoxy) is 1. The predicted octanol–water partition coefficient (Wildman–Crippen LogP) is 3.76. The molecule has 1 aromatic rings. The molecule has 0 aliphatic carbocycles. The number of halogens is 3. The third kappa shape index (κ3) is 3.06. The summed E-state index contributed by atoms with van der Waals surface area (Å²) in [5.41, 5.74) is 0.0211. The number of benzene rings is 1. The molecule has 2 unspecified atom stereocenters. The van der Waals surface area contributed by atoms with Crippen molar-refractivity contribution in [3.8, 4) is 5.75 Å². The fourth-order valence-electron chi connectivity index (χ4n) is 2.51. The van der Waals surface area contributed by atoms with Gasteiger partial charge < -0.3 is 9.84 Å². The number of hydrogen-bond donors (Lipinski definition) is 1. The van der Waals surface area contributed by atoms with Crippen LogP contribution in [0.5, 0.6) is 5.75 Å². The third-order valence-corrected chi connectivity index (χ3v) is 4.50. The summed E-state index contributed by atoms with van der Waals surface area (Å²) in [7, 11) is 0. The Morgan fingerprint density at radius 1 is 1.45 bits per heavy atom. The SMILES string of the molecule is CSc1ccc2c(c1)C(C)(CC(O)C(F)(F)F)CCO2. The molecular formula is C14H17F3O2S. The van der Waals surface area contributed by atoms with Gasteiger partial charge in [-0.25, -0.2) is 0 Å². The fourth-order valence-corrected chi connectivity index (χ4v) is 2.95. The summed E-state index contributed by atoms with van der Waals surface area (Å²) in [6, 6.07) is 5.54. The van der Waals surface area contributed by atoms with Gasteiger partial charge >= 0.3 is 6.18 Å². The van der Waals surface area contributed by atoms with Crippen LogP contribution in [0.3, 0.4) is 0 Å². The van der Waals surface area contributed by atoms with Crippen LogP contribution in [0.15, 0.2) is 23.1 Å². The van der Waals surface area contributed by atoms with Crippen LogP contribution >= 0.6 is 11.8 Å². The number of aliphatic hydroxyl groups excluding tert-OH is 1. The van der Waals surface area contributed by atoms with Crippen LogP contribution in [0.2, 0.25) is 0 Å². The first-order valence-corrected chi connectivity index (χ1v) is 7.55. The van der Waals surface area contributed by atoms with Crippen molar-refractivity contribution in [1.29, 1.82) is 0 Å². The van der Waals surface area contributed by atoms with Gasteiger partial charge in [-0.3, -0.25) is 0 Å². The van der Waals surface area contributed by atoms with E-state index in [9.17, 15) is 18.3 Å². The Morgan fingerprint density at radius 2 is 2.15 bits per heavy atom. The number of fused-ring (bicyclic) bond motifs is 1. The Bertz CT molecular complexity index is 490. The largest absolute Gasteiger partial charge is 0.493 e. The Morgan fingerprint density at radius 3 is 2.75 bits per heavy atom. The lowest BCUT2D eigenvalue weighted by molar-refractivity contribution is -0.209. The second-order valence-electron chi connectivity index (χ2n) is 5.28. The zero-order valence-electron chi connectivity index (χ0n) is 11.3. The fraction of sp³-hybridized carbons (Fsp3) is 0.571. The monoisotopic (exact) mass is 306 g/mol. The molecule has 0 spiro atoms. The number of alkyl halides is 3. The van der Waals surface area contributed by atoms with Gasteiger partial charge in [-0.15, -0.1) is 11.8 Å². The molecule has 1 aliphatic heterocycles.